The normalized spacial score (nSPS) is 10.3. The van der Waals surface area contributed by atoms with Gasteiger partial charge in [0.15, 0.2) is 11.6 Å². The van der Waals surface area contributed by atoms with Crippen molar-refractivity contribution in [2.24, 2.45) is 0 Å². The number of carbonyl (C=O) groups is 1. The lowest BCUT2D eigenvalue weighted by Crippen LogP contribution is -2.17. The molecule has 9 nitrogen and oxygen atoms in total. The Balaban J connectivity index is 1.59. The summed E-state index contributed by atoms with van der Waals surface area (Å²) in [6.07, 6.45) is 2.46. The molecule has 0 radical (unpaired) electrons. The summed E-state index contributed by atoms with van der Waals surface area (Å²) in [5, 5.41) is 14.1. The molecule has 0 unspecified atom stereocenters. The van der Waals surface area contributed by atoms with E-state index in [0.29, 0.717) is 6.07 Å². The summed E-state index contributed by atoms with van der Waals surface area (Å²) in [6, 6.07) is 11.1. The summed E-state index contributed by atoms with van der Waals surface area (Å²) in [6.45, 7) is 0. The number of benzene rings is 2. The van der Waals surface area contributed by atoms with Crippen molar-refractivity contribution in [3.8, 4) is 17.6 Å². The molecule has 4 rings (SSSR count). The van der Waals surface area contributed by atoms with Gasteiger partial charge in [0.2, 0.25) is 5.82 Å². The predicted octanol–water partition coefficient (Wildman–Crippen LogP) is 4.53. The number of aromatic nitrogens is 3. The van der Waals surface area contributed by atoms with Crippen LogP contribution in [0.4, 0.5) is 36.2 Å². The average molecular weight is 477 g/mol. The minimum Gasteiger partial charge on any atom is -0.454 e. The molecule has 0 fully saturated rings. The summed E-state index contributed by atoms with van der Waals surface area (Å²) in [5.41, 5.74) is 5.29. The number of hydrogen-bond donors (Lipinski definition) is 3. The van der Waals surface area contributed by atoms with Crippen LogP contribution in [-0.2, 0) is 0 Å². The number of pyridine rings is 1. The van der Waals surface area contributed by atoms with Gasteiger partial charge < -0.3 is 21.1 Å². The van der Waals surface area contributed by atoms with E-state index in [9.17, 15) is 18.0 Å². The van der Waals surface area contributed by atoms with E-state index in [4.69, 9.17) is 15.7 Å². The van der Waals surface area contributed by atoms with Crippen LogP contribution in [0.25, 0.3) is 0 Å². The third kappa shape index (κ3) is 5.42. The summed E-state index contributed by atoms with van der Waals surface area (Å²) < 4.78 is 47.2. The first-order valence-corrected chi connectivity index (χ1v) is 9.82. The van der Waals surface area contributed by atoms with Gasteiger partial charge in [0.1, 0.15) is 40.7 Å². The molecule has 2 aromatic carbocycles. The summed E-state index contributed by atoms with van der Waals surface area (Å²) in [5.74, 6) is -3.45. The first-order valence-electron chi connectivity index (χ1n) is 9.82. The molecular weight excluding hydrogens is 463 g/mol. The molecule has 0 aliphatic rings. The largest absolute Gasteiger partial charge is 0.454 e. The zero-order valence-electron chi connectivity index (χ0n) is 17.6. The van der Waals surface area contributed by atoms with Crippen LogP contribution >= 0.6 is 0 Å². The van der Waals surface area contributed by atoms with Crippen molar-refractivity contribution in [2.75, 3.05) is 16.4 Å². The molecule has 0 bridgehead atoms. The number of nitrogens with two attached hydrogens (primary N) is 1. The molecule has 174 valence electrons. The van der Waals surface area contributed by atoms with E-state index in [1.807, 2.05) is 0 Å². The molecular formula is C23H14F3N7O2. The van der Waals surface area contributed by atoms with Gasteiger partial charge in [-0.2, -0.15) is 5.26 Å². The monoisotopic (exact) mass is 477 g/mol. The Morgan fingerprint density at radius 2 is 1.86 bits per heavy atom. The van der Waals surface area contributed by atoms with Crippen molar-refractivity contribution in [3.63, 3.8) is 0 Å². The number of amides is 1. The van der Waals surface area contributed by atoms with E-state index in [0.717, 1.165) is 24.4 Å². The third-order valence-electron chi connectivity index (χ3n) is 4.49. The van der Waals surface area contributed by atoms with Gasteiger partial charge in [0.25, 0.3) is 5.91 Å². The molecule has 2 aromatic heterocycles. The SMILES string of the molecule is N#Cc1ncc(C(=O)Nc2ccc(F)cc2F)c(Nc2ccc(Oc3ccnc(N)c3)c(F)c2)n1. The van der Waals surface area contributed by atoms with Gasteiger partial charge in [-0.25, -0.2) is 28.1 Å². The number of nitrogens with one attached hydrogen (secondary N) is 2. The molecule has 0 atom stereocenters. The highest BCUT2D eigenvalue weighted by Crippen LogP contribution is 2.29. The molecule has 12 heteroatoms. The molecule has 0 aliphatic carbocycles. The predicted molar refractivity (Wildman–Crippen MR) is 119 cm³/mol. The minimum absolute atomic E-state index is 0.105. The van der Waals surface area contributed by atoms with E-state index in [-0.39, 0.29) is 45.9 Å². The van der Waals surface area contributed by atoms with Crippen LogP contribution in [-0.4, -0.2) is 20.9 Å². The van der Waals surface area contributed by atoms with Gasteiger partial charge in [-0.05, 0) is 30.3 Å². The Morgan fingerprint density at radius 1 is 1.03 bits per heavy atom. The molecule has 35 heavy (non-hydrogen) atoms. The Kier molecular flexibility index (Phi) is 6.41. The third-order valence-corrected chi connectivity index (χ3v) is 4.49. The lowest BCUT2D eigenvalue weighted by molar-refractivity contribution is 0.102. The standard InChI is InChI=1S/C23H14F3N7O2/c24-12-1-3-18(16(25)7-12)32-23(34)15-11-30-21(10-27)33-22(15)31-13-2-4-19(17(26)8-13)35-14-5-6-29-20(28)9-14/h1-9,11H,(H2,28,29)(H,32,34)(H,30,31,33). The highest BCUT2D eigenvalue weighted by molar-refractivity contribution is 6.07. The quantitative estimate of drug-likeness (QED) is 0.368. The molecule has 4 aromatic rings. The van der Waals surface area contributed by atoms with Gasteiger partial charge in [0, 0.05) is 36.3 Å². The number of nitrogen functional groups attached to an aromatic ring is 1. The Bertz CT molecular complexity index is 1470. The maximum absolute atomic E-state index is 14.7. The maximum atomic E-state index is 14.7. The number of hydrogen-bond acceptors (Lipinski definition) is 8. The second-order valence-electron chi connectivity index (χ2n) is 6.93. The summed E-state index contributed by atoms with van der Waals surface area (Å²) >= 11 is 0. The van der Waals surface area contributed by atoms with Gasteiger partial charge in [-0.1, -0.05) is 0 Å². The fourth-order valence-electron chi connectivity index (χ4n) is 2.89. The van der Waals surface area contributed by atoms with Gasteiger partial charge in [0.05, 0.1) is 5.69 Å². The molecule has 0 saturated carbocycles. The molecule has 0 saturated heterocycles. The average Bonchev–Trinajstić information content (AvgIpc) is 2.82. The molecule has 1 amide bonds. The van der Waals surface area contributed by atoms with E-state index < -0.39 is 23.4 Å². The van der Waals surface area contributed by atoms with E-state index in [1.165, 1.54) is 30.5 Å². The zero-order valence-corrected chi connectivity index (χ0v) is 17.6. The Hall–Kier alpha value is -5.18. The van der Waals surface area contributed by atoms with Crippen LogP contribution in [0, 0.1) is 28.8 Å². The first kappa shape index (κ1) is 23.0. The van der Waals surface area contributed by atoms with Gasteiger partial charge in [-0.3, -0.25) is 4.79 Å². The van der Waals surface area contributed by atoms with Crippen LogP contribution in [0.5, 0.6) is 11.5 Å². The molecule has 0 spiro atoms. The highest BCUT2D eigenvalue weighted by Gasteiger charge is 2.18. The minimum atomic E-state index is -0.990. The topological polar surface area (TPSA) is 139 Å². The number of ether oxygens (including phenoxy) is 1. The van der Waals surface area contributed by atoms with Gasteiger partial charge >= 0.3 is 0 Å². The fourth-order valence-corrected chi connectivity index (χ4v) is 2.89. The van der Waals surface area contributed by atoms with Crippen molar-refractivity contribution in [2.45, 2.75) is 0 Å². The number of nitrogens with zero attached hydrogens (tertiary/aromatic N) is 4. The smallest absolute Gasteiger partial charge is 0.261 e. The summed E-state index contributed by atoms with van der Waals surface area (Å²) in [7, 11) is 0. The molecule has 4 N–H and O–H groups in total. The van der Waals surface area contributed by atoms with Crippen molar-refractivity contribution in [3.05, 3.63) is 89.8 Å². The Labute approximate surface area is 196 Å². The number of anilines is 4. The Morgan fingerprint density at radius 3 is 2.57 bits per heavy atom. The molecule has 2 heterocycles. The number of rotatable bonds is 6. The van der Waals surface area contributed by atoms with Crippen LogP contribution in [0.2, 0.25) is 0 Å². The van der Waals surface area contributed by atoms with E-state index >= 15 is 0 Å². The van der Waals surface area contributed by atoms with Crippen LogP contribution in [0.1, 0.15) is 16.2 Å². The lowest BCUT2D eigenvalue weighted by atomic mass is 10.2. The fraction of sp³-hybridized carbons (Fsp3) is 0. The molecule has 0 aliphatic heterocycles. The van der Waals surface area contributed by atoms with Crippen molar-refractivity contribution in [1.29, 1.82) is 5.26 Å². The van der Waals surface area contributed by atoms with Crippen LogP contribution in [0.3, 0.4) is 0 Å². The number of nitriles is 1. The lowest BCUT2D eigenvalue weighted by Gasteiger charge is -2.13. The van der Waals surface area contributed by atoms with Gasteiger partial charge in [-0.15, -0.1) is 0 Å². The zero-order chi connectivity index (χ0) is 24.9. The number of carbonyl (C=O) groups excluding carboxylic acids is 1. The maximum Gasteiger partial charge on any atom is 0.261 e. The second kappa shape index (κ2) is 9.75. The number of halogens is 3. The van der Waals surface area contributed by atoms with E-state index in [1.54, 1.807) is 6.07 Å². The first-order chi connectivity index (χ1) is 16.8. The highest BCUT2D eigenvalue weighted by atomic mass is 19.1. The van der Waals surface area contributed by atoms with Crippen molar-refractivity contribution >= 4 is 28.9 Å². The van der Waals surface area contributed by atoms with Crippen molar-refractivity contribution < 1.29 is 22.7 Å². The summed E-state index contributed by atoms with van der Waals surface area (Å²) in [4.78, 5) is 24.2. The van der Waals surface area contributed by atoms with E-state index in [2.05, 4.69) is 25.6 Å². The second-order valence-corrected chi connectivity index (χ2v) is 6.93. The van der Waals surface area contributed by atoms with Crippen LogP contribution in [0.15, 0.2) is 60.9 Å². The van der Waals surface area contributed by atoms with Crippen molar-refractivity contribution in [1.82, 2.24) is 15.0 Å². The van der Waals surface area contributed by atoms with Crippen LogP contribution < -0.4 is 21.1 Å².